The SMILES string of the molecule is O=C(Cc1ccccc1[N+](=O)[O-])Nc1ccc2ccccc2c1. The number of amides is 1. The van der Waals surface area contributed by atoms with E-state index in [1.165, 1.54) is 6.07 Å². The molecule has 0 saturated heterocycles. The van der Waals surface area contributed by atoms with Crippen molar-refractivity contribution in [2.24, 2.45) is 0 Å². The lowest BCUT2D eigenvalue weighted by Gasteiger charge is -2.07. The van der Waals surface area contributed by atoms with Crippen LogP contribution in [0.25, 0.3) is 10.8 Å². The molecule has 0 radical (unpaired) electrons. The number of carbonyl (C=O) groups is 1. The fourth-order valence-electron chi connectivity index (χ4n) is 2.48. The molecule has 0 aromatic heterocycles. The Labute approximate surface area is 132 Å². The van der Waals surface area contributed by atoms with E-state index in [4.69, 9.17) is 0 Å². The van der Waals surface area contributed by atoms with Gasteiger partial charge in [0.1, 0.15) is 0 Å². The van der Waals surface area contributed by atoms with Gasteiger partial charge >= 0.3 is 0 Å². The van der Waals surface area contributed by atoms with E-state index in [9.17, 15) is 14.9 Å². The van der Waals surface area contributed by atoms with Crippen LogP contribution in [-0.4, -0.2) is 10.8 Å². The van der Waals surface area contributed by atoms with Crippen LogP contribution in [0, 0.1) is 10.1 Å². The summed E-state index contributed by atoms with van der Waals surface area (Å²) < 4.78 is 0. The molecule has 114 valence electrons. The van der Waals surface area contributed by atoms with Crippen LogP contribution in [0.3, 0.4) is 0 Å². The number of anilines is 1. The van der Waals surface area contributed by atoms with Gasteiger partial charge in [0, 0.05) is 17.3 Å². The van der Waals surface area contributed by atoms with Crippen molar-refractivity contribution in [3.63, 3.8) is 0 Å². The van der Waals surface area contributed by atoms with Gasteiger partial charge in [0.2, 0.25) is 5.91 Å². The number of nitro benzene ring substituents is 1. The lowest BCUT2D eigenvalue weighted by atomic mass is 10.1. The van der Waals surface area contributed by atoms with Crippen LogP contribution in [0.2, 0.25) is 0 Å². The topological polar surface area (TPSA) is 72.2 Å². The predicted octanol–water partition coefficient (Wildman–Crippen LogP) is 3.93. The van der Waals surface area contributed by atoms with Gasteiger partial charge in [-0.3, -0.25) is 14.9 Å². The second-order valence-electron chi connectivity index (χ2n) is 5.17. The molecule has 0 atom stereocenters. The third-order valence-electron chi connectivity index (χ3n) is 3.57. The van der Waals surface area contributed by atoms with E-state index >= 15 is 0 Å². The van der Waals surface area contributed by atoms with Gasteiger partial charge < -0.3 is 5.32 Å². The van der Waals surface area contributed by atoms with Crippen molar-refractivity contribution in [3.05, 3.63) is 82.4 Å². The zero-order valence-electron chi connectivity index (χ0n) is 12.2. The Morgan fingerprint density at radius 1 is 0.957 bits per heavy atom. The second kappa shape index (κ2) is 6.27. The molecular weight excluding hydrogens is 292 g/mol. The van der Waals surface area contributed by atoms with Crippen LogP contribution >= 0.6 is 0 Å². The molecule has 0 aliphatic carbocycles. The molecule has 3 rings (SSSR count). The molecule has 0 aliphatic heterocycles. The molecular formula is C18H14N2O3. The van der Waals surface area contributed by atoms with Crippen LogP contribution in [-0.2, 0) is 11.2 Å². The number of rotatable bonds is 4. The van der Waals surface area contributed by atoms with Crippen molar-refractivity contribution in [1.82, 2.24) is 0 Å². The first-order valence-electron chi connectivity index (χ1n) is 7.14. The van der Waals surface area contributed by atoms with Gasteiger partial charge in [0.05, 0.1) is 11.3 Å². The van der Waals surface area contributed by atoms with Crippen molar-refractivity contribution in [3.8, 4) is 0 Å². The molecule has 5 heteroatoms. The van der Waals surface area contributed by atoms with Crippen LogP contribution in [0.15, 0.2) is 66.7 Å². The molecule has 3 aromatic rings. The van der Waals surface area contributed by atoms with E-state index < -0.39 is 4.92 Å². The number of para-hydroxylation sites is 1. The summed E-state index contributed by atoms with van der Waals surface area (Å²) in [5.41, 5.74) is 1.03. The van der Waals surface area contributed by atoms with Crippen LogP contribution in [0.5, 0.6) is 0 Å². The monoisotopic (exact) mass is 306 g/mol. The summed E-state index contributed by atoms with van der Waals surface area (Å²) in [5.74, 6) is -0.283. The van der Waals surface area contributed by atoms with Gasteiger partial charge in [-0.05, 0) is 22.9 Å². The van der Waals surface area contributed by atoms with E-state index in [0.29, 0.717) is 11.3 Å². The summed E-state index contributed by atoms with van der Waals surface area (Å²) in [6.07, 6.45) is -0.0377. The van der Waals surface area contributed by atoms with Gasteiger partial charge in [-0.25, -0.2) is 0 Å². The Bertz CT molecular complexity index is 890. The number of hydrogen-bond acceptors (Lipinski definition) is 3. The van der Waals surface area contributed by atoms with Crippen molar-refractivity contribution in [2.75, 3.05) is 5.32 Å². The summed E-state index contributed by atoms with van der Waals surface area (Å²) in [7, 11) is 0. The molecule has 0 bridgehead atoms. The summed E-state index contributed by atoms with van der Waals surface area (Å²) in [6, 6.07) is 19.7. The molecule has 5 nitrogen and oxygen atoms in total. The molecule has 1 amide bonds. The number of hydrogen-bond donors (Lipinski definition) is 1. The fourth-order valence-corrected chi connectivity index (χ4v) is 2.48. The quantitative estimate of drug-likeness (QED) is 0.586. The number of carbonyl (C=O) groups excluding carboxylic acids is 1. The van der Waals surface area contributed by atoms with E-state index in [-0.39, 0.29) is 18.0 Å². The lowest BCUT2D eigenvalue weighted by Crippen LogP contribution is -2.15. The van der Waals surface area contributed by atoms with Gasteiger partial charge in [0.15, 0.2) is 0 Å². The Balaban J connectivity index is 1.77. The molecule has 3 aromatic carbocycles. The first-order valence-corrected chi connectivity index (χ1v) is 7.14. The van der Waals surface area contributed by atoms with E-state index in [0.717, 1.165) is 10.8 Å². The largest absolute Gasteiger partial charge is 0.326 e. The van der Waals surface area contributed by atoms with E-state index in [1.807, 2.05) is 42.5 Å². The number of fused-ring (bicyclic) bond motifs is 1. The van der Waals surface area contributed by atoms with Crippen molar-refractivity contribution >= 4 is 28.1 Å². The van der Waals surface area contributed by atoms with Crippen molar-refractivity contribution < 1.29 is 9.72 Å². The maximum Gasteiger partial charge on any atom is 0.273 e. The highest BCUT2D eigenvalue weighted by molar-refractivity contribution is 5.95. The molecule has 0 fully saturated rings. The van der Waals surface area contributed by atoms with Crippen molar-refractivity contribution in [2.45, 2.75) is 6.42 Å². The highest BCUT2D eigenvalue weighted by atomic mass is 16.6. The highest BCUT2D eigenvalue weighted by Crippen LogP contribution is 2.21. The van der Waals surface area contributed by atoms with E-state index in [1.54, 1.807) is 18.2 Å². The van der Waals surface area contributed by atoms with Gasteiger partial charge in [0.25, 0.3) is 5.69 Å². The first kappa shape index (κ1) is 14.7. The molecule has 0 unspecified atom stereocenters. The zero-order chi connectivity index (χ0) is 16.2. The zero-order valence-corrected chi connectivity index (χ0v) is 12.2. The molecule has 0 saturated carbocycles. The Morgan fingerprint density at radius 3 is 2.43 bits per heavy atom. The summed E-state index contributed by atoms with van der Waals surface area (Å²) in [4.78, 5) is 22.7. The minimum atomic E-state index is -0.474. The summed E-state index contributed by atoms with van der Waals surface area (Å²) in [6.45, 7) is 0. The van der Waals surface area contributed by atoms with Gasteiger partial charge in [-0.2, -0.15) is 0 Å². The van der Waals surface area contributed by atoms with Crippen molar-refractivity contribution in [1.29, 1.82) is 0 Å². The maximum atomic E-state index is 12.2. The second-order valence-corrected chi connectivity index (χ2v) is 5.17. The minimum absolute atomic E-state index is 0.0377. The van der Waals surface area contributed by atoms with E-state index in [2.05, 4.69) is 5.32 Å². The predicted molar refractivity (Wildman–Crippen MR) is 89.4 cm³/mol. The normalized spacial score (nSPS) is 10.4. The fraction of sp³-hybridized carbons (Fsp3) is 0.0556. The molecule has 1 N–H and O–H groups in total. The lowest BCUT2D eigenvalue weighted by molar-refractivity contribution is -0.385. The number of nitrogens with one attached hydrogen (secondary N) is 1. The molecule has 0 spiro atoms. The molecule has 0 heterocycles. The third-order valence-corrected chi connectivity index (χ3v) is 3.57. The average molecular weight is 306 g/mol. The summed E-state index contributed by atoms with van der Waals surface area (Å²) in [5, 5.41) is 15.9. The Hall–Kier alpha value is -3.21. The average Bonchev–Trinajstić information content (AvgIpc) is 2.55. The minimum Gasteiger partial charge on any atom is -0.326 e. The summed E-state index contributed by atoms with van der Waals surface area (Å²) >= 11 is 0. The molecule has 23 heavy (non-hydrogen) atoms. The van der Waals surface area contributed by atoms with Crippen LogP contribution < -0.4 is 5.32 Å². The van der Waals surface area contributed by atoms with Crippen LogP contribution in [0.1, 0.15) is 5.56 Å². The molecule has 0 aliphatic rings. The van der Waals surface area contributed by atoms with Crippen LogP contribution in [0.4, 0.5) is 11.4 Å². The number of nitrogens with zero attached hydrogens (tertiary/aromatic N) is 1. The smallest absolute Gasteiger partial charge is 0.273 e. The first-order chi connectivity index (χ1) is 11.1. The third kappa shape index (κ3) is 3.35. The Morgan fingerprint density at radius 2 is 1.65 bits per heavy atom. The van der Waals surface area contributed by atoms with Gasteiger partial charge in [-0.15, -0.1) is 0 Å². The maximum absolute atomic E-state index is 12.2. The number of nitro groups is 1. The standard InChI is InChI=1S/C18H14N2O3/c21-18(12-15-7-3-4-8-17(15)20(22)23)19-16-10-9-13-5-1-2-6-14(13)11-16/h1-11H,12H2,(H,19,21). The van der Waals surface area contributed by atoms with Gasteiger partial charge in [-0.1, -0.05) is 48.5 Å². The number of benzene rings is 3. The highest BCUT2D eigenvalue weighted by Gasteiger charge is 2.15. The Kier molecular flexibility index (Phi) is 4.01.